The van der Waals surface area contributed by atoms with E-state index in [4.69, 9.17) is 5.73 Å². The van der Waals surface area contributed by atoms with Crippen LogP contribution in [0.5, 0.6) is 0 Å². The fraction of sp³-hybridized carbons (Fsp3) is 0.533. The van der Waals surface area contributed by atoms with Crippen molar-refractivity contribution in [1.29, 1.82) is 0 Å². The molecule has 0 aromatic carbocycles. The van der Waals surface area contributed by atoms with Gasteiger partial charge in [0, 0.05) is 6.54 Å². The number of primary amides is 1. The quantitative estimate of drug-likeness (QED) is 0.799. The van der Waals surface area contributed by atoms with Gasteiger partial charge in [0.15, 0.2) is 0 Å². The molecule has 0 aliphatic carbocycles. The minimum atomic E-state index is -0.499. The summed E-state index contributed by atoms with van der Waals surface area (Å²) in [5.74, 6) is -0.499. The number of carbonyl (C=O) groups is 1. The number of amides is 1. The number of thiophene rings is 1. The van der Waals surface area contributed by atoms with Crippen LogP contribution in [0.4, 0.5) is 0 Å². The van der Waals surface area contributed by atoms with Gasteiger partial charge < -0.3 is 5.73 Å². The number of aryl methyl sites for hydroxylation is 2. The number of rotatable bonds is 7. The van der Waals surface area contributed by atoms with Gasteiger partial charge in [0.1, 0.15) is 4.83 Å². The van der Waals surface area contributed by atoms with Gasteiger partial charge in [0.2, 0.25) is 0 Å². The van der Waals surface area contributed by atoms with Gasteiger partial charge in [-0.2, -0.15) is 0 Å². The first-order chi connectivity index (χ1) is 10.1. The van der Waals surface area contributed by atoms with Crippen molar-refractivity contribution in [2.24, 2.45) is 5.73 Å². The lowest BCUT2D eigenvalue weighted by atomic mass is 10.1. The van der Waals surface area contributed by atoms with Crippen molar-refractivity contribution in [1.82, 2.24) is 9.55 Å². The van der Waals surface area contributed by atoms with Gasteiger partial charge in [-0.3, -0.25) is 14.2 Å². The van der Waals surface area contributed by atoms with Crippen molar-refractivity contribution in [3.63, 3.8) is 0 Å². The summed E-state index contributed by atoms with van der Waals surface area (Å²) in [5.41, 5.74) is 5.91. The van der Waals surface area contributed by atoms with Gasteiger partial charge in [-0.15, -0.1) is 11.3 Å². The molecule has 0 spiro atoms. The Kier molecular flexibility index (Phi) is 5.12. The van der Waals surface area contributed by atoms with Gasteiger partial charge in [-0.1, -0.05) is 32.6 Å². The minimum Gasteiger partial charge on any atom is -0.365 e. The number of hydrogen-bond acceptors (Lipinski definition) is 4. The average Bonchev–Trinajstić information content (AvgIpc) is 2.79. The van der Waals surface area contributed by atoms with E-state index in [1.165, 1.54) is 30.6 Å². The molecule has 2 rings (SSSR count). The standard InChI is InChI=1S/C15H21N3O2S/c1-3-4-5-6-7-8-18-9-17-14-11(15(18)20)10(2)12(21-14)13(16)19/h9H,3-8H2,1-2H3,(H2,16,19). The molecule has 6 heteroatoms. The number of nitrogens with zero attached hydrogens (tertiary/aromatic N) is 2. The summed E-state index contributed by atoms with van der Waals surface area (Å²) in [7, 11) is 0. The highest BCUT2D eigenvalue weighted by Crippen LogP contribution is 2.26. The third kappa shape index (κ3) is 3.32. The highest BCUT2D eigenvalue weighted by Gasteiger charge is 2.17. The molecule has 0 radical (unpaired) electrons. The molecular formula is C15H21N3O2S. The van der Waals surface area contributed by atoms with Crippen LogP contribution >= 0.6 is 11.3 Å². The molecule has 21 heavy (non-hydrogen) atoms. The number of fused-ring (bicyclic) bond motifs is 1. The van der Waals surface area contributed by atoms with E-state index in [1.807, 2.05) is 0 Å². The van der Waals surface area contributed by atoms with E-state index in [1.54, 1.807) is 17.8 Å². The number of unbranched alkanes of at least 4 members (excludes halogenated alkanes) is 4. The zero-order chi connectivity index (χ0) is 15.4. The third-order valence-corrected chi connectivity index (χ3v) is 4.86. The first-order valence-electron chi connectivity index (χ1n) is 7.34. The molecular weight excluding hydrogens is 286 g/mol. The average molecular weight is 307 g/mol. The summed E-state index contributed by atoms with van der Waals surface area (Å²) < 4.78 is 1.64. The van der Waals surface area contributed by atoms with Crippen molar-refractivity contribution < 1.29 is 4.79 Å². The molecule has 5 nitrogen and oxygen atoms in total. The van der Waals surface area contributed by atoms with Crippen LogP contribution in [0, 0.1) is 6.92 Å². The molecule has 0 unspecified atom stereocenters. The highest BCUT2D eigenvalue weighted by molar-refractivity contribution is 7.20. The van der Waals surface area contributed by atoms with E-state index < -0.39 is 5.91 Å². The van der Waals surface area contributed by atoms with E-state index >= 15 is 0 Å². The molecule has 0 aliphatic heterocycles. The normalized spacial score (nSPS) is 11.1. The van der Waals surface area contributed by atoms with Gasteiger partial charge in [-0.25, -0.2) is 4.98 Å². The number of nitrogens with two attached hydrogens (primary N) is 1. The molecule has 114 valence electrons. The predicted octanol–water partition coefficient (Wildman–Crippen LogP) is 2.84. The van der Waals surface area contributed by atoms with E-state index in [0.717, 1.165) is 12.8 Å². The lowest BCUT2D eigenvalue weighted by Gasteiger charge is -2.05. The first-order valence-corrected chi connectivity index (χ1v) is 8.16. The van der Waals surface area contributed by atoms with Gasteiger partial charge in [0.25, 0.3) is 11.5 Å². The molecule has 1 amide bonds. The number of carbonyl (C=O) groups excluding carboxylic acids is 1. The maximum atomic E-state index is 12.5. The first kappa shape index (κ1) is 15.7. The monoisotopic (exact) mass is 307 g/mol. The SMILES string of the molecule is CCCCCCCn1cnc2sc(C(N)=O)c(C)c2c1=O. The van der Waals surface area contributed by atoms with Crippen LogP contribution < -0.4 is 11.3 Å². The van der Waals surface area contributed by atoms with Crippen LogP contribution in [0.1, 0.15) is 54.3 Å². The predicted molar refractivity (Wildman–Crippen MR) is 85.9 cm³/mol. The zero-order valence-corrected chi connectivity index (χ0v) is 13.3. The molecule has 2 aromatic rings. The van der Waals surface area contributed by atoms with Gasteiger partial charge in [0.05, 0.1) is 16.6 Å². The maximum absolute atomic E-state index is 12.5. The molecule has 0 atom stereocenters. The van der Waals surface area contributed by atoms with Crippen LogP contribution in [-0.4, -0.2) is 15.5 Å². The van der Waals surface area contributed by atoms with Crippen molar-refractivity contribution in [3.05, 3.63) is 27.1 Å². The smallest absolute Gasteiger partial charge is 0.262 e. The van der Waals surface area contributed by atoms with Crippen LogP contribution in [-0.2, 0) is 6.54 Å². The Balaban J connectivity index is 2.23. The summed E-state index contributed by atoms with van der Waals surface area (Å²) in [6.45, 7) is 4.61. The summed E-state index contributed by atoms with van der Waals surface area (Å²) >= 11 is 1.19. The molecule has 0 saturated carbocycles. The van der Waals surface area contributed by atoms with Crippen LogP contribution in [0.2, 0.25) is 0 Å². The number of aromatic nitrogens is 2. The molecule has 0 fully saturated rings. The number of hydrogen-bond donors (Lipinski definition) is 1. The Morgan fingerprint density at radius 3 is 2.71 bits per heavy atom. The third-order valence-electron chi connectivity index (χ3n) is 3.64. The lowest BCUT2D eigenvalue weighted by Crippen LogP contribution is -2.20. The van der Waals surface area contributed by atoms with E-state index in [9.17, 15) is 9.59 Å². The Labute approximate surface area is 127 Å². The lowest BCUT2D eigenvalue weighted by molar-refractivity contribution is 0.100. The molecule has 0 saturated heterocycles. The second-order valence-corrected chi connectivity index (χ2v) is 6.26. The second kappa shape index (κ2) is 6.85. The summed E-state index contributed by atoms with van der Waals surface area (Å²) in [4.78, 5) is 29.2. The largest absolute Gasteiger partial charge is 0.365 e. The second-order valence-electron chi connectivity index (χ2n) is 5.26. The van der Waals surface area contributed by atoms with Crippen LogP contribution in [0.25, 0.3) is 10.2 Å². The topological polar surface area (TPSA) is 78.0 Å². The Bertz CT molecular complexity index is 703. The zero-order valence-electron chi connectivity index (χ0n) is 12.5. The summed E-state index contributed by atoms with van der Waals surface area (Å²) in [6, 6.07) is 0. The molecule has 2 aromatic heterocycles. The van der Waals surface area contributed by atoms with E-state index in [2.05, 4.69) is 11.9 Å². The molecule has 0 bridgehead atoms. The van der Waals surface area contributed by atoms with Crippen molar-refractivity contribution >= 4 is 27.5 Å². The summed E-state index contributed by atoms with van der Waals surface area (Å²) in [6.07, 6.45) is 7.30. The Morgan fingerprint density at radius 1 is 1.33 bits per heavy atom. The van der Waals surface area contributed by atoms with Gasteiger partial charge >= 0.3 is 0 Å². The Morgan fingerprint density at radius 2 is 2.05 bits per heavy atom. The molecule has 0 aliphatic rings. The van der Waals surface area contributed by atoms with Crippen LogP contribution in [0.15, 0.2) is 11.1 Å². The van der Waals surface area contributed by atoms with E-state index in [-0.39, 0.29) is 5.56 Å². The Hall–Kier alpha value is -1.69. The van der Waals surface area contributed by atoms with Crippen LogP contribution in [0.3, 0.4) is 0 Å². The van der Waals surface area contributed by atoms with Crippen molar-refractivity contribution in [3.8, 4) is 0 Å². The minimum absolute atomic E-state index is 0.0725. The van der Waals surface area contributed by atoms with Gasteiger partial charge in [-0.05, 0) is 18.9 Å². The fourth-order valence-corrected chi connectivity index (χ4v) is 3.43. The molecule has 2 N–H and O–H groups in total. The molecule has 2 heterocycles. The summed E-state index contributed by atoms with van der Waals surface area (Å²) in [5, 5.41) is 0.532. The van der Waals surface area contributed by atoms with Crippen molar-refractivity contribution in [2.45, 2.75) is 52.5 Å². The van der Waals surface area contributed by atoms with Crippen molar-refractivity contribution in [2.75, 3.05) is 0 Å². The fourth-order valence-electron chi connectivity index (χ4n) is 2.44. The maximum Gasteiger partial charge on any atom is 0.262 e. The van der Waals surface area contributed by atoms with E-state index in [0.29, 0.717) is 27.2 Å². The highest BCUT2D eigenvalue weighted by atomic mass is 32.1.